The monoisotopic (exact) mass is 300 g/mol. The van der Waals surface area contributed by atoms with E-state index < -0.39 is 5.97 Å². The number of carbonyl (C=O) groups is 1. The van der Waals surface area contributed by atoms with Gasteiger partial charge in [0.25, 0.3) is 0 Å². The molecule has 0 aliphatic heterocycles. The summed E-state index contributed by atoms with van der Waals surface area (Å²) in [6, 6.07) is 18.7. The van der Waals surface area contributed by atoms with E-state index in [4.69, 9.17) is 0 Å². The number of pyridine rings is 2. The zero-order chi connectivity index (χ0) is 15.8. The molecular formula is C19H12N2O2. The lowest BCUT2D eigenvalue weighted by molar-refractivity contribution is 0.0699. The van der Waals surface area contributed by atoms with Gasteiger partial charge in [-0.1, -0.05) is 42.5 Å². The molecule has 2 aromatic carbocycles. The fraction of sp³-hybridized carbons (Fsp3) is 0. The molecule has 4 heteroatoms. The summed E-state index contributed by atoms with van der Waals surface area (Å²) in [5.41, 5.74) is 2.11. The van der Waals surface area contributed by atoms with Gasteiger partial charge in [-0.05, 0) is 23.6 Å². The van der Waals surface area contributed by atoms with Crippen molar-refractivity contribution < 1.29 is 9.90 Å². The van der Waals surface area contributed by atoms with Gasteiger partial charge in [0.15, 0.2) is 0 Å². The van der Waals surface area contributed by atoms with Gasteiger partial charge in [-0.15, -0.1) is 0 Å². The van der Waals surface area contributed by atoms with Crippen molar-refractivity contribution in [1.82, 2.24) is 9.97 Å². The lowest BCUT2D eigenvalue weighted by atomic mass is 10.00. The summed E-state index contributed by atoms with van der Waals surface area (Å²) < 4.78 is 0. The molecule has 0 aliphatic rings. The van der Waals surface area contributed by atoms with Crippen LogP contribution in [0.5, 0.6) is 0 Å². The van der Waals surface area contributed by atoms with E-state index in [0.717, 1.165) is 21.9 Å². The molecule has 4 nitrogen and oxygen atoms in total. The molecule has 0 spiro atoms. The highest BCUT2D eigenvalue weighted by molar-refractivity contribution is 6.15. The van der Waals surface area contributed by atoms with Crippen LogP contribution in [0.3, 0.4) is 0 Å². The zero-order valence-corrected chi connectivity index (χ0v) is 12.1. The summed E-state index contributed by atoms with van der Waals surface area (Å²) in [5, 5.41) is 12.2. The third kappa shape index (κ3) is 2.12. The van der Waals surface area contributed by atoms with Crippen LogP contribution in [0.4, 0.5) is 0 Å². The molecule has 2 heterocycles. The van der Waals surface area contributed by atoms with Gasteiger partial charge in [-0.3, -0.25) is 4.98 Å². The van der Waals surface area contributed by atoms with Crippen LogP contribution in [0, 0.1) is 0 Å². The predicted molar refractivity (Wildman–Crippen MR) is 89.4 cm³/mol. The molecular weight excluding hydrogens is 288 g/mol. The average molecular weight is 300 g/mol. The van der Waals surface area contributed by atoms with Crippen molar-refractivity contribution in [1.29, 1.82) is 0 Å². The zero-order valence-electron chi connectivity index (χ0n) is 12.1. The van der Waals surface area contributed by atoms with E-state index in [1.807, 2.05) is 48.5 Å². The summed E-state index contributed by atoms with van der Waals surface area (Å²) >= 11 is 0. The van der Waals surface area contributed by atoms with Crippen molar-refractivity contribution in [3.05, 3.63) is 72.4 Å². The summed E-state index contributed by atoms with van der Waals surface area (Å²) in [7, 11) is 0. The summed E-state index contributed by atoms with van der Waals surface area (Å²) in [6.07, 6.45) is 1.71. The van der Waals surface area contributed by atoms with Crippen LogP contribution in [-0.4, -0.2) is 21.0 Å². The van der Waals surface area contributed by atoms with Crippen LogP contribution < -0.4 is 0 Å². The number of hydrogen-bond donors (Lipinski definition) is 1. The van der Waals surface area contributed by atoms with Gasteiger partial charge < -0.3 is 5.11 Å². The van der Waals surface area contributed by atoms with E-state index >= 15 is 0 Å². The first-order chi connectivity index (χ1) is 11.3. The van der Waals surface area contributed by atoms with Crippen molar-refractivity contribution in [2.24, 2.45) is 0 Å². The Bertz CT molecular complexity index is 1040. The van der Waals surface area contributed by atoms with Crippen LogP contribution in [0.25, 0.3) is 33.1 Å². The topological polar surface area (TPSA) is 63.1 Å². The van der Waals surface area contributed by atoms with E-state index in [0.29, 0.717) is 11.2 Å². The second-order valence-corrected chi connectivity index (χ2v) is 5.23. The summed E-state index contributed by atoms with van der Waals surface area (Å²) in [5.74, 6) is -0.981. The van der Waals surface area contributed by atoms with Crippen molar-refractivity contribution in [3.8, 4) is 11.4 Å². The number of benzene rings is 2. The van der Waals surface area contributed by atoms with Gasteiger partial charge >= 0.3 is 5.97 Å². The third-order valence-corrected chi connectivity index (χ3v) is 3.87. The molecule has 0 radical (unpaired) electrons. The lowest BCUT2D eigenvalue weighted by Crippen LogP contribution is -2.00. The van der Waals surface area contributed by atoms with E-state index in [-0.39, 0.29) is 5.56 Å². The van der Waals surface area contributed by atoms with E-state index in [9.17, 15) is 9.90 Å². The Hall–Kier alpha value is -3.27. The fourth-order valence-corrected chi connectivity index (χ4v) is 2.85. The molecule has 0 atom stereocenters. The number of rotatable bonds is 2. The minimum absolute atomic E-state index is 0.199. The Kier molecular flexibility index (Phi) is 3.01. The van der Waals surface area contributed by atoms with Gasteiger partial charge in [0.2, 0.25) is 0 Å². The predicted octanol–water partition coefficient (Wildman–Crippen LogP) is 4.15. The number of aromatic carboxylic acids is 1. The molecule has 0 saturated carbocycles. The molecule has 0 aliphatic carbocycles. The number of carboxylic acid groups (broad SMARTS) is 1. The first-order valence-corrected chi connectivity index (χ1v) is 7.22. The molecule has 0 fully saturated rings. The fourth-order valence-electron chi connectivity index (χ4n) is 2.85. The molecule has 0 bridgehead atoms. The number of nitrogens with zero attached hydrogens (tertiary/aromatic N) is 2. The molecule has 4 aromatic rings. The van der Waals surface area contributed by atoms with Crippen molar-refractivity contribution in [2.45, 2.75) is 0 Å². The van der Waals surface area contributed by atoms with Crippen molar-refractivity contribution in [3.63, 3.8) is 0 Å². The first-order valence-electron chi connectivity index (χ1n) is 7.22. The molecule has 0 unspecified atom stereocenters. The second-order valence-electron chi connectivity index (χ2n) is 5.23. The molecule has 4 rings (SSSR count). The van der Waals surface area contributed by atoms with E-state index in [1.165, 1.54) is 0 Å². The maximum atomic E-state index is 11.5. The quantitative estimate of drug-likeness (QED) is 0.565. The van der Waals surface area contributed by atoms with Crippen LogP contribution in [0.2, 0.25) is 0 Å². The van der Waals surface area contributed by atoms with Crippen molar-refractivity contribution >= 4 is 27.6 Å². The second kappa shape index (κ2) is 5.18. The van der Waals surface area contributed by atoms with Gasteiger partial charge in [0.05, 0.1) is 22.5 Å². The maximum absolute atomic E-state index is 11.5. The maximum Gasteiger partial charge on any atom is 0.337 e. The Morgan fingerprint density at radius 1 is 0.826 bits per heavy atom. The SMILES string of the molecule is O=C(O)c1cccc2c1nc(-c1ccccn1)c1ccccc12. The molecule has 23 heavy (non-hydrogen) atoms. The van der Waals surface area contributed by atoms with E-state index in [1.54, 1.807) is 18.3 Å². The molecule has 110 valence electrons. The lowest BCUT2D eigenvalue weighted by Gasteiger charge is -2.10. The van der Waals surface area contributed by atoms with Crippen LogP contribution in [0.15, 0.2) is 66.9 Å². The smallest absolute Gasteiger partial charge is 0.337 e. The third-order valence-electron chi connectivity index (χ3n) is 3.87. The number of fused-ring (bicyclic) bond motifs is 3. The average Bonchev–Trinajstić information content (AvgIpc) is 2.61. The highest BCUT2D eigenvalue weighted by atomic mass is 16.4. The largest absolute Gasteiger partial charge is 0.478 e. The Labute approximate surface area is 132 Å². The van der Waals surface area contributed by atoms with Gasteiger partial charge in [-0.25, -0.2) is 9.78 Å². The number of carboxylic acids is 1. The first kappa shape index (κ1) is 13.4. The van der Waals surface area contributed by atoms with Crippen LogP contribution >= 0.6 is 0 Å². The van der Waals surface area contributed by atoms with Crippen LogP contribution in [0.1, 0.15) is 10.4 Å². The molecule has 1 N–H and O–H groups in total. The standard InChI is InChI=1S/C19H12N2O2/c22-19(23)15-9-5-8-13-12-6-1-2-7-14(12)18(21-17(13)15)16-10-3-4-11-20-16/h1-11H,(H,22,23). The van der Waals surface area contributed by atoms with Crippen molar-refractivity contribution in [2.75, 3.05) is 0 Å². The van der Waals surface area contributed by atoms with Gasteiger partial charge in [0.1, 0.15) is 0 Å². The van der Waals surface area contributed by atoms with Gasteiger partial charge in [0, 0.05) is 17.0 Å². The number of aromatic nitrogens is 2. The van der Waals surface area contributed by atoms with Crippen LogP contribution in [-0.2, 0) is 0 Å². The molecule has 2 aromatic heterocycles. The normalized spacial score (nSPS) is 11.0. The van der Waals surface area contributed by atoms with Gasteiger partial charge in [-0.2, -0.15) is 0 Å². The van der Waals surface area contributed by atoms with E-state index in [2.05, 4.69) is 9.97 Å². The number of para-hydroxylation sites is 1. The Morgan fingerprint density at radius 2 is 1.57 bits per heavy atom. The highest BCUT2D eigenvalue weighted by Crippen LogP contribution is 2.32. The Balaban J connectivity index is 2.21. The Morgan fingerprint density at radius 3 is 2.30 bits per heavy atom. The molecule has 0 amide bonds. The molecule has 0 saturated heterocycles. The summed E-state index contributed by atoms with van der Waals surface area (Å²) in [4.78, 5) is 20.6. The minimum atomic E-state index is -0.981. The minimum Gasteiger partial charge on any atom is -0.478 e. The summed E-state index contributed by atoms with van der Waals surface area (Å²) in [6.45, 7) is 0. The highest BCUT2D eigenvalue weighted by Gasteiger charge is 2.15. The number of hydrogen-bond acceptors (Lipinski definition) is 3.